The van der Waals surface area contributed by atoms with Crippen LogP contribution in [-0.4, -0.2) is 42.9 Å². The molecule has 0 radical (unpaired) electrons. The molecule has 3 aromatic rings. The summed E-state index contributed by atoms with van der Waals surface area (Å²) in [5.41, 5.74) is 0.814. The zero-order chi connectivity index (χ0) is 24.1. The van der Waals surface area contributed by atoms with Crippen molar-refractivity contribution in [2.45, 2.75) is 6.42 Å². The van der Waals surface area contributed by atoms with E-state index in [1.807, 2.05) is 17.5 Å². The smallest absolute Gasteiger partial charge is 0.338 e. The number of fused-ring (bicyclic) bond motifs is 1. The lowest BCUT2D eigenvalue weighted by molar-refractivity contribution is -0.123. The van der Waals surface area contributed by atoms with Gasteiger partial charge in [-0.2, -0.15) is 0 Å². The third-order valence-electron chi connectivity index (χ3n) is 4.96. The van der Waals surface area contributed by atoms with Crippen molar-refractivity contribution in [3.05, 3.63) is 87.6 Å². The van der Waals surface area contributed by atoms with Crippen LogP contribution in [0.4, 0.5) is 10.5 Å². The SMILES string of the molecule is O=C(COC(=O)c1cccc(N2C(=O)c3ccccc3C2=O)c1)NC(=O)NCCc1cccs1. The number of hydrogen-bond donors (Lipinski definition) is 2. The minimum Gasteiger partial charge on any atom is -0.452 e. The van der Waals surface area contributed by atoms with E-state index in [1.54, 1.807) is 35.6 Å². The Morgan fingerprint density at radius 2 is 1.65 bits per heavy atom. The molecule has 172 valence electrons. The maximum atomic E-state index is 12.6. The lowest BCUT2D eigenvalue weighted by Gasteiger charge is -2.14. The average molecular weight is 477 g/mol. The Morgan fingerprint density at radius 1 is 0.912 bits per heavy atom. The lowest BCUT2D eigenvalue weighted by Crippen LogP contribution is -2.42. The Kier molecular flexibility index (Phi) is 6.79. The van der Waals surface area contributed by atoms with Crippen LogP contribution in [0.25, 0.3) is 0 Å². The summed E-state index contributed by atoms with van der Waals surface area (Å²) in [6.07, 6.45) is 0.637. The molecule has 0 saturated heterocycles. The molecule has 1 aliphatic heterocycles. The number of esters is 1. The third-order valence-corrected chi connectivity index (χ3v) is 5.89. The summed E-state index contributed by atoms with van der Waals surface area (Å²) >= 11 is 1.57. The molecule has 2 heterocycles. The Hall–Kier alpha value is -4.31. The van der Waals surface area contributed by atoms with Crippen LogP contribution in [0.15, 0.2) is 66.0 Å². The van der Waals surface area contributed by atoms with Gasteiger partial charge in [-0.15, -0.1) is 11.3 Å². The van der Waals surface area contributed by atoms with E-state index < -0.39 is 36.3 Å². The summed E-state index contributed by atoms with van der Waals surface area (Å²) in [5, 5.41) is 6.57. The predicted octanol–water partition coefficient (Wildman–Crippen LogP) is 2.77. The minimum atomic E-state index is -0.841. The first-order valence-corrected chi connectivity index (χ1v) is 11.2. The Morgan fingerprint density at radius 3 is 2.32 bits per heavy atom. The van der Waals surface area contributed by atoms with Crippen LogP contribution in [0.2, 0.25) is 0 Å². The van der Waals surface area contributed by atoms with Gasteiger partial charge < -0.3 is 10.1 Å². The van der Waals surface area contributed by atoms with Crippen LogP contribution in [0, 0.1) is 0 Å². The van der Waals surface area contributed by atoms with E-state index in [0.717, 1.165) is 9.78 Å². The molecule has 34 heavy (non-hydrogen) atoms. The van der Waals surface area contributed by atoms with E-state index in [-0.39, 0.29) is 22.4 Å². The molecule has 0 saturated carbocycles. The highest BCUT2D eigenvalue weighted by Gasteiger charge is 2.36. The molecule has 0 atom stereocenters. The highest BCUT2D eigenvalue weighted by molar-refractivity contribution is 7.09. The molecule has 2 N–H and O–H groups in total. The molecule has 0 aliphatic carbocycles. The first-order chi connectivity index (χ1) is 16.4. The Balaban J connectivity index is 1.30. The van der Waals surface area contributed by atoms with Gasteiger partial charge in [0.05, 0.1) is 22.4 Å². The summed E-state index contributed by atoms with van der Waals surface area (Å²) in [5.74, 6) is -2.61. The summed E-state index contributed by atoms with van der Waals surface area (Å²) in [6.45, 7) is -0.321. The highest BCUT2D eigenvalue weighted by atomic mass is 32.1. The fourth-order valence-electron chi connectivity index (χ4n) is 3.37. The van der Waals surface area contributed by atoms with E-state index >= 15 is 0 Å². The second-order valence-electron chi connectivity index (χ2n) is 7.25. The molecule has 0 bridgehead atoms. The zero-order valence-corrected chi connectivity index (χ0v) is 18.6. The molecular formula is C24H19N3O6S. The van der Waals surface area contributed by atoms with Gasteiger partial charge in [0.25, 0.3) is 17.7 Å². The second kappa shape index (κ2) is 10.1. The maximum Gasteiger partial charge on any atom is 0.338 e. The normalized spacial score (nSPS) is 12.3. The van der Waals surface area contributed by atoms with Gasteiger partial charge in [0.15, 0.2) is 6.61 Å². The van der Waals surface area contributed by atoms with Crippen molar-refractivity contribution in [1.29, 1.82) is 0 Å². The number of carbonyl (C=O) groups is 5. The largest absolute Gasteiger partial charge is 0.452 e. The van der Waals surface area contributed by atoms with Gasteiger partial charge in [0.2, 0.25) is 0 Å². The van der Waals surface area contributed by atoms with Crippen LogP contribution in [0.3, 0.4) is 0 Å². The fourth-order valence-corrected chi connectivity index (χ4v) is 4.08. The summed E-state index contributed by atoms with van der Waals surface area (Å²) in [6, 6.07) is 15.4. The maximum absolute atomic E-state index is 12.6. The molecule has 1 aromatic heterocycles. The number of anilines is 1. The van der Waals surface area contributed by atoms with Crippen molar-refractivity contribution < 1.29 is 28.7 Å². The van der Waals surface area contributed by atoms with Crippen molar-refractivity contribution in [2.75, 3.05) is 18.1 Å². The van der Waals surface area contributed by atoms with Gasteiger partial charge in [-0.1, -0.05) is 24.3 Å². The molecular weight excluding hydrogens is 458 g/mol. The molecule has 2 aromatic carbocycles. The van der Waals surface area contributed by atoms with E-state index in [1.165, 1.54) is 24.3 Å². The number of ether oxygens (including phenoxy) is 1. The number of benzene rings is 2. The molecule has 0 fully saturated rings. The number of urea groups is 1. The van der Waals surface area contributed by atoms with Gasteiger partial charge in [-0.05, 0) is 48.2 Å². The number of nitrogens with zero attached hydrogens (tertiary/aromatic N) is 1. The zero-order valence-electron chi connectivity index (χ0n) is 17.8. The molecule has 10 heteroatoms. The summed E-state index contributed by atoms with van der Waals surface area (Å²) in [4.78, 5) is 63.5. The first-order valence-electron chi connectivity index (χ1n) is 10.3. The fraction of sp³-hybridized carbons (Fsp3) is 0.125. The molecule has 1 aliphatic rings. The number of hydrogen-bond acceptors (Lipinski definition) is 7. The number of amides is 5. The molecule has 4 rings (SSSR count). The second-order valence-corrected chi connectivity index (χ2v) is 8.28. The van der Waals surface area contributed by atoms with E-state index in [9.17, 15) is 24.0 Å². The predicted molar refractivity (Wildman–Crippen MR) is 124 cm³/mol. The molecule has 0 unspecified atom stereocenters. The monoisotopic (exact) mass is 477 g/mol. The molecule has 0 spiro atoms. The summed E-state index contributed by atoms with van der Waals surface area (Å²) in [7, 11) is 0. The van der Waals surface area contributed by atoms with Gasteiger partial charge in [0, 0.05) is 11.4 Å². The number of thiophene rings is 1. The van der Waals surface area contributed by atoms with Gasteiger partial charge in [0.1, 0.15) is 0 Å². The van der Waals surface area contributed by atoms with Crippen LogP contribution < -0.4 is 15.5 Å². The number of imide groups is 2. The molecule has 5 amide bonds. The van der Waals surface area contributed by atoms with Crippen molar-refractivity contribution >= 4 is 46.7 Å². The number of rotatable bonds is 7. The minimum absolute atomic E-state index is 0.0438. The quantitative estimate of drug-likeness (QED) is 0.399. The van der Waals surface area contributed by atoms with Crippen LogP contribution in [0.5, 0.6) is 0 Å². The lowest BCUT2D eigenvalue weighted by atomic mass is 10.1. The number of carbonyl (C=O) groups excluding carboxylic acids is 5. The van der Waals surface area contributed by atoms with Crippen LogP contribution in [-0.2, 0) is 16.0 Å². The van der Waals surface area contributed by atoms with E-state index in [2.05, 4.69) is 10.6 Å². The topological polar surface area (TPSA) is 122 Å². The van der Waals surface area contributed by atoms with E-state index in [4.69, 9.17) is 4.74 Å². The molecule has 9 nitrogen and oxygen atoms in total. The highest BCUT2D eigenvalue weighted by Crippen LogP contribution is 2.28. The van der Waals surface area contributed by atoms with Gasteiger partial charge >= 0.3 is 12.0 Å². The van der Waals surface area contributed by atoms with Crippen molar-refractivity contribution in [2.24, 2.45) is 0 Å². The number of nitrogens with one attached hydrogen (secondary N) is 2. The van der Waals surface area contributed by atoms with Crippen LogP contribution >= 0.6 is 11.3 Å². The Bertz CT molecular complexity index is 1240. The average Bonchev–Trinajstić information content (AvgIpc) is 3.44. The Labute approximate surface area is 198 Å². The standard InChI is InChI=1S/C24H19N3O6S/c28-20(26-24(32)25-11-10-17-7-4-12-34-17)14-33-23(31)15-5-3-6-16(13-15)27-21(29)18-8-1-2-9-19(18)22(27)30/h1-9,12-13H,10-11,14H2,(H2,25,26,28,32). The first kappa shape index (κ1) is 22.9. The van der Waals surface area contributed by atoms with Gasteiger partial charge in [-0.25, -0.2) is 14.5 Å². The summed E-state index contributed by atoms with van der Waals surface area (Å²) < 4.78 is 4.97. The van der Waals surface area contributed by atoms with Crippen molar-refractivity contribution in [3.63, 3.8) is 0 Å². The van der Waals surface area contributed by atoms with Crippen LogP contribution in [0.1, 0.15) is 36.0 Å². The van der Waals surface area contributed by atoms with Crippen molar-refractivity contribution in [3.8, 4) is 0 Å². The van der Waals surface area contributed by atoms with E-state index in [0.29, 0.717) is 13.0 Å². The van der Waals surface area contributed by atoms with Gasteiger partial charge in [-0.3, -0.25) is 19.7 Å². The third kappa shape index (κ3) is 5.02. The van der Waals surface area contributed by atoms with Crippen molar-refractivity contribution in [1.82, 2.24) is 10.6 Å².